The smallest absolute Gasteiger partial charge is 0.261 e. The molecule has 3 aromatic carbocycles. The lowest BCUT2D eigenvalue weighted by Gasteiger charge is -2.36. The molecule has 5 rings (SSSR count). The predicted octanol–water partition coefficient (Wildman–Crippen LogP) is 4.38. The van der Waals surface area contributed by atoms with Gasteiger partial charge in [-0.1, -0.05) is 54.1 Å². The molecule has 168 valence electrons. The van der Waals surface area contributed by atoms with Crippen LogP contribution in [0.1, 0.15) is 6.42 Å². The number of anilines is 1. The van der Waals surface area contributed by atoms with Crippen LogP contribution in [0, 0.1) is 0 Å². The molecule has 33 heavy (non-hydrogen) atoms. The summed E-state index contributed by atoms with van der Waals surface area (Å²) in [5.41, 5.74) is 0.732. The van der Waals surface area contributed by atoms with Crippen LogP contribution in [0.5, 0.6) is 0 Å². The van der Waals surface area contributed by atoms with Crippen molar-refractivity contribution in [3.05, 3.63) is 98.5 Å². The molecule has 1 aromatic heterocycles. The van der Waals surface area contributed by atoms with Gasteiger partial charge in [-0.2, -0.15) is 0 Å². The molecule has 5 nitrogen and oxygen atoms in total. The highest BCUT2D eigenvalue weighted by atomic mass is 35.5. The molecule has 2 heterocycles. The van der Waals surface area contributed by atoms with Crippen LogP contribution in [0.25, 0.3) is 21.5 Å². The molecule has 0 unspecified atom stereocenters. The van der Waals surface area contributed by atoms with Crippen LogP contribution < -0.4 is 16.0 Å². The van der Waals surface area contributed by atoms with Crippen molar-refractivity contribution in [2.45, 2.75) is 13.0 Å². The molecule has 0 bridgehead atoms. The van der Waals surface area contributed by atoms with Gasteiger partial charge in [-0.25, -0.2) is 0 Å². The van der Waals surface area contributed by atoms with Gasteiger partial charge in [0.2, 0.25) is 0 Å². The van der Waals surface area contributed by atoms with E-state index in [1.54, 1.807) is 0 Å². The Morgan fingerprint density at radius 3 is 1.82 bits per heavy atom. The number of hydrogen-bond acceptors (Lipinski definition) is 4. The normalized spacial score (nSPS) is 14.8. The third-order valence-corrected chi connectivity index (χ3v) is 6.73. The molecular formula is C27H26ClN3O2. The summed E-state index contributed by atoms with van der Waals surface area (Å²) in [5, 5.41) is 3.58. The summed E-state index contributed by atoms with van der Waals surface area (Å²) in [7, 11) is 0. The Hall–Kier alpha value is -3.15. The van der Waals surface area contributed by atoms with Gasteiger partial charge < -0.3 is 4.90 Å². The Morgan fingerprint density at radius 2 is 1.24 bits per heavy atom. The average molecular weight is 460 g/mol. The molecule has 0 atom stereocenters. The summed E-state index contributed by atoms with van der Waals surface area (Å²) in [5.74, 6) is 0. The summed E-state index contributed by atoms with van der Waals surface area (Å²) < 4.78 is 1.42. The van der Waals surface area contributed by atoms with Crippen molar-refractivity contribution in [2.24, 2.45) is 0 Å². The van der Waals surface area contributed by atoms with Gasteiger partial charge in [0.25, 0.3) is 11.1 Å². The van der Waals surface area contributed by atoms with Crippen LogP contribution >= 0.6 is 11.6 Å². The molecule has 1 fully saturated rings. The first-order chi connectivity index (χ1) is 16.1. The van der Waals surface area contributed by atoms with Crippen LogP contribution in [0.15, 0.2) is 82.4 Å². The minimum atomic E-state index is -0.211. The summed E-state index contributed by atoms with van der Waals surface area (Å²) in [4.78, 5) is 31.3. The lowest BCUT2D eigenvalue weighted by atomic mass is 10.1. The van der Waals surface area contributed by atoms with Gasteiger partial charge in [0, 0.05) is 54.2 Å². The molecule has 0 N–H and O–H groups in total. The van der Waals surface area contributed by atoms with Crippen molar-refractivity contribution in [3.8, 4) is 0 Å². The SMILES string of the molecule is O=c1c2ccccc2c2ccccc2c(=O)n1CCCN1CCN(c2cccc(Cl)c2)CC1. The van der Waals surface area contributed by atoms with Crippen molar-refractivity contribution in [2.75, 3.05) is 37.6 Å². The second-order valence-electron chi connectivity index (χ2n) is 8.52. The minimum Gasteiger partial charge on any atom is -0.369 e. The van der Waals surface area contributed by atoms with E-state index in [9.17, 15) is 9.59 Å². The Morgan fingerprint density at radius 1 is 0.667 bits per heavy atom. The second kappa shape index (κ2) is 9.38. The fraction of sp³-hybridized carbons (Fsp3) is 0.259. The van der Waals surface area contributed by atoms with E-state index < -0.39 is 0 Å². The quantitative estimate of drug-likeness (QED) is 0.444. The van der Waals surface area contributed by atoms with Gasteiger partial charge >= 0.3 is 0 Å². The summed E-state index contributed by atoms with van der Waals surface area (Å²) in [6.07, 6.45) is 0.749. The number of fused-ring (bicyclic) bond motifs is 3. The highest BCUT2D eigenvalue weighted by Crippen LogP contribution is 2.21. The van der Waals surface area contributed by atoms with E-state index in [1.807, 2.05) is 66.7 Å². The molecule has 0 radical (unpaired) electrons. The Balaban J connectivity index is 1.32. The van der Waals surface area contributed by atoms with Gasteiger partial charge in [0.1, 0.15) is 0 Å². The van der Waals surface area contributed by atoms with Crippen molar-refractivity contribution < 1.29 is 0 Å². The second-order valence-corrected chi connectivity index (χ2v) is 8.95. The minimum absolute atomic E-state index is 0.211. The predicted molar refractivity (Wildman–Crippen MR) is 137 cm³/mol. The number of nitrogens with zero attached hydrogens (tertiary/aromatic N) is 3. The van der Waals surface area contributed by atoms with Crippen LogP contribution in [0.2, 0.25) is 5.02 Å². The highest BCUT2D eigenvalue weighted by molar-refractivity contribution is 6.30. The van der Waals surface area contributed by atoms with E-state index in [0.717, 1.165) is 60.6 Å². The fourth-order valence-electron chi connectivity index (χ4n) is 4.75. The molecule has 1 aliphatic heterocycles. The van der Waals surface area contributed by atoms with E-state index in [1.165, 1.54) is 4.57 Å². The zero-order valence-corrected chi connectivity index (χ0v) is 19.2. The third kappa shape index (κ3) is 4.39. The molecule has 0 amide bonds. The van der Waals surface area contributed by atoms with Crippen molar-refractivity contribution >= 4 is 38.8 Å². The maximum Gasteiger partial charge on any atom is 0.261 e. The van der Waals surface area contributed by atoms with Crippen LogP contribution in [0.3, 0.4) is 0 Å². The van der Waals surface area contributed by atoms with E-state index in [4.69, 9.17) is 11.6 Å². The van der Waals surface area contributed by atoms with E-state index in [0.29, 0.717) is 17.3 Å². The van der Waals surface area contributed by atoms with Crippen molar-refractivity contribution in [1.82, 2.24) is 9.47 Å². The van der Waals surface area contributed by atoms with Crippen LogP contribution in [0.4, 0.5) is 5.69 Å². The number of benzene rings is 3. The zero-order chi connectivity index (χ0) is 22.8. The first kappa shape index (κ1) is 21.7. The molecule has 0 aliphatic carbocycles. The topological polar surface area (TPSA) is 45.6 Å². The molecule has 1 saturated heterocycles. The molecule has 6 heteroatoms. The van der Waals surface area contributed by atoms with Gasteiger partial charge in [-0.05, 0) is 54.1 Å². The first-order valence-electron chi connectivity index (χ1n) is 11.4. The van der Waals surface area contributed by atoms with Crippen LogP contribution in [-0.2, 0) is 6.54 Å². The summed E-state index contributed by atoms with van der Waals surface area (Å²) >= 11 is 6.14. The molecule has 0 saturated carbocycles. The third-order valence-electron chi connectivity index (χ3n) is 6.50. The molecular weight excluding hydrogens is 434 g/mol. The molecule has 1 aliphatic rings. The number of piperazine rings is 1. The van der Waals surface area contributed by atoms with Gasteiger partial charge in [0.05, 0.1) is 0 Å². The maximum atomic E-state index is 13.3. The Kier molecular flexibility index (Phi) is 6.16. The largest absolute Gasteiger partial charge is 0.369 e. The Labute approximate surface area is 197 Å². The standard InChI is InChI=1S/C27H26ClN3O2/c28-20-7-5-8-21(19-20)30-17-15-29(16-18-30)13-6-14-31-26(32)24-11-3-1-9-22(24)23-10-2-4-12-25(23)27(31)33/h1-5,7-12,19H,6,13-18H2. The molecule has 0 spiro atoms. The summed E-state index contributed by atoms with van der Waals surface area (Å²) in [6.45, 7) is 5.02. The lowest BCUT2D eigenvalue weighted by molar-refractivity contribution is 0.250. The van der Waals surface area contributed by atoms with Gasteiger partial charge in [-0.15, -0.1) is 0 Å². The number of hydrogen-bond donors (Lipinski definition) is 0. The highest BCUT2D eigenvalue weighted by Gasteiger charge is 2.17. The molecule has 4 aromatic rings. The zero-order valence-electron chi connectivity index (χ0n) is 18.4. The van der Waals surface area contributed by atoms with E-state index in [2.05, 4.69) is 15.9 Å². The van der Waals surface area contributed by atoms with E-state index >= 15 is 0 Å². The Bertz CT molecular complexity index is 1350. The van der Waals surface area contributed by atoms with E-state index in [-0.39, 0.29) is 11.1 Å². The van der Waals surface area contributed by atoms with Crippen molar-refractivity contribution in [1.29, 1.82) is 0 Å². The monoisotopic (exact) mass is 459 g/mol. The van der Waals surface area contributed by atoms with Gasteiger partial charge in [0.15, 0.2) is 0 Å². The van der Waals surface area contributed by atoms with Crippen molar-refractivity contribution in [3.63, 3.8) is 0 Å². The maximum absolute atomic E-state index is 13.3. The van der Waals surface area contributed by atoms with Crippen LogP contribution in [-0.4, -0.2) is 42.2 Å². The lowest BCUT2D eigenvalue weighted by Crippen LogP contribution is -2.47. The first-order valence-corrected chi connectivity index (χ1v) is 11.8. The van der Waals surface area contributed by atoms with Gasteiger partial charge in [-0.3, -0.25) is 19.1 Å². The number of halogens is 1. The summed E-state index contributed by atoms with van der Waals surface area (Å²) in [6, 6.07) is 23.0. The number of aromatic nitrogens is 1. The number of rotatable bonds is 5. The average Bonchev–Trinajstić information content (AvgIpc) is 2.94. The fourth-order valence-corrected chi connectivity index (χ4v) is 4.93.